The number of aliphatic hydroxyl groups excluding tert-OH is 1. The highest BCUT2D eigenvalue weighted by molar-refractivity contribution is 5.94. The van der Waals surface area contributed by atoms with E-state index >= 15 is 0 Å². The third kappa shape index (κ3) is 3.10. The lowest BCUT2D eigenvalue weighted by molar-refractivity contribution is -0.00636. The van der Waals surface area contributed by atoms with Crippen LogP contribution >= 0.6 is 0 Å². The average Bonchev–Trinajstić information content (AvgIpc) is 2.75. The minimum atomic E-state index is -0.614. The van der Waals surface area contributed by atoms with Crippen molar-refractivity contribution >= 4 is 11.5 Å². The van der Waals surface area contributed by atoms with Crippen LogP contribution in [-0.2, 0) is 0 Å². The zero-order valence-corrected chi connectivity index (χ0v) is 15.7. The highest BCUT2D eigenvalue weighted by Crippen LogP contribution is 2.44. The molecule has 5 nitrogen and oxygen atoms in total. The summed E-state index contributed by atoms with van der Waals surface area (Å²) in [5, 5.41) is 19.9. The van der Waals surface area contributed by atoms with Gasteiger partial charge < -0.3 is 10.0 Å². The number of nitriles is 1. The maximum Gasteiger partial charge on any atom is 0.273 e. The van der Waals surface area contributed by atoms with Gasteiger partial charge in [0.2, 0.25) is 0 Å². The molecule has 1 aromatic heterocycles. The zero-order chi connectivity index (χ0) is 19.5. The number of allylic oxidation sites excluding steroid dienone is 2. The number of carbonyl (C=O) groups excluding carboxylic acids is 1. The van der Waals surface area contributed by atoms with Crippen LogP contribution in [0, 0.1) is 11.3 Å². The molecule has 0 spiro atoms. The summed E-state index contributed by atoms with van der Waals surface area (Å²) >= 11 is 0. The number of hydrogen-bond donors (Lipinski definition) is 1. The Bertz CT molecular complexity index is 932. The third-order valence-corrected chi connectivity index (χ3v) is 5.81. The SMILES string of the molecule is N#C[C@@H]1[C@H](c2ccccc2C2=CCCCC2)[C@@H](CO)N1C(=O)c1ccccn1. The highest BCUT2D eigenvalue weighted by Gasteiger charge is 2.52. The van der Waals surface area contributed by atoms with Gasteiger partial charge in [-0.3, -0.25) is 9.78 Å². The Hall–Kier alpha value is -2.97. The highest BCUT2D eigenvalue weighted by atomic mass is 16.3. The maximum atomic E-state index is 12.9. The molecule has 4 rings (SSSR count). The summed E-state index contributed by atoms with van der Waals surface area (Å²) in [5.74, 6) is -0.515. The van der Waals surface area contributed by atoms with Gasteiger partial charge in [-0.05, 0) is 54.5 Å². The van der Waals surface area contributed by atoms with Crippen LogP contribution in [-0.4, -0.2) is 39.6 Å². The van der Waals surface area contributed by atoms with Crippen LogP contribution in [0.1, 0.15) is 53.2 Å². The van der Waals surface area contributed by atoms with Crippen LogP contribution in [0.5, 0.6) is 0 Å². The van der Waals surface area contributed by atoms with E-state index in [1.807, 2.05) is 18.2 Å². The number of amides is 1. The van der Waals surface area contributed by atoms with Crippen LogP contribution in [0.4, 0.5) is 0 Å². The van der Waals surface area contributed by atoms with E-state index in [4.69, 9.17) is 0 Å². The quantitative estimate of drug-likeness (QED) is 0.889. The number of nitrogens with zero attached hydrogens (tertiary/aromatic N) is 3. The molecule has 1 fully saturated rings. The van der Waals surface area contributed by atoms with Crippen molar-refractivity contribution in [2.75, 3.05) is 6.61 Å². The predicted molar refractivity (Wildman–Crippen MR) is 106 cm³/mol. The Morgan fingerprint density at radius 2 is 2.04 bits per heavy atom. The summed E-state index contributed by atoms with van der Waals surface area (Å²) in [7, 11) is 0. The van der Waals surface area contributed by atoms with E-state index in [1.54, 1.807) is 24.4 Å². The summed E-state index contributed by atoms with van der Waals surface area (Å²) in [6.45, 7) is -0.186. The topological polar surface area (TPSA) is 77.2 Å². The summed E-state index contributed by atoms with van der Waals surface area (Å²) in [6, 6.07) is 14.5. The second-order valence-electron chi connectivity index (χ2n) is 7.34. The van der Waals surface area contributed by atoms with Gasteiger partial charge in [0.05, 0.1) is 18.7 Å². The first-order valence-corrected chi connectivity index (χ1v) is 9.78. The molecule has 1 N–H and O–H groups in total. The largest absolute Gasteiger partial charge is 0.394 e. The van der Waals surface area contributed by atoms with Gasteiger partial charge in [0.15, 0.2) is 0 Å². The average molecular weight is 373 g/mol. The number of carbonyl (C=O) groups is 1. The molecular formula is C23H23N3O2. The van der Waals surface area contributed by atoms with Crippen LogP contribution < -0.4 is 0 Å². The molecule has 28 heavy (non-hydrogen) atoms. The Morgan fingerprint density at radius 1 is 1.21 bits per heavy atom. The monoisotopic (exact) mass is 373 g/mol. The fraction of sp³-hybridized carbons (Fsp3) is 0.348. The van der Waals surface area contributed by atoms with Crippen LogP contribution in [0.2, 0.25) is 0 Å². The van der Waals surface area contributed by atoms with E-state index in [0.29, 0.717) is 5.69 Å². The standard InChI is InChI=1S/C23H23N3O2/c24-14-20-22(18-11-5-4-10-17(18)16-8-2-1-3-9-16)21(15-27)26(20)23(28)19-12-6-7-13-25-19/h4-8,10-13,20-22,27H,1-3,9,15H2/t20-,21-,22+/m1/s1. The number of pyridine rings is 1. The summed E-state index contributed by atoms with van der Waals surface area (Å²) in [6.07, 6.45) is 8.32. The van der Waals surface area contributed by atoms with E-state index < -0.39 is 12.1 Å². The zero-order valence-electron chi connectivity index (χ0n) is 15.7. The molecule has 1 aliphatic heterocycles. The summed E-state index contributed by atoms with van der Waals surface area (Å²) in [4.78, 5) is 18.5. The molecule has 2 aliphatic rings. The lowest BCUT2D eigenvalue weighted by atomic mass is 9.72. The number of hydrogen-bond acceptors (Lipinski definition) is 4. The van der Waals surface area contributed by atoms with Crippen molar-refractivity contribution in [3.8, 4) is 6.07 Å². The molecule has 1 aliphatic carbocycles. The smallest absolute Gasteiger partial charge is 0.273 e. The fourth-order valence-electron chi connectivity index (χ4n) is 4.44. The van der Waals surface area contributed by atoms with Crippen LogP contribution in [0.3, 0.4) is 0 Å². The van der Waals surface area contributed by atoms with Gasteiger partial charge in [-0.25, -0.2) is 0 Å². The van der Waals surface area contributed by atoms with E-state index in [9.17, 15) is 15.2 Å². The normalized spacial score (nSPS) is 24.1. The lowest BCUT2D eigenvalue weighted by Gasteiger charge is -2.52. The Balaban J connectivity index is 1.69. The maximum absolute atomic E-state index is 12.9. The van der Waals surface area contributed by atoms with Crippen molar-refractivity contribution < 1.29 is 9.90 Å². The van der Waals surface area contributed by atoms with Gasteiger partial charge in [0, 0.05) is 12.1 Å². The second-order valence-corrected chi connectivity index (χ2v) is 7.34. The number of benzene rings is 1. The fourth-order valence-corrected chi connectivity index (χ4v) is 4.44. The molecule has 2 aromatic rings. The molecule has 0 saturated carbocycles. The van der Waals surface area contributed by atoms with E-state index in [1.165, 1.54) is 23.3 Å². The molecule has 1 amide bonds. The van der Waals surface area contributed by atoms with Crippen molar-refractivity contribution in [2.45, 2.75) is 43.7 Å². The van der Waals surface area contributed by atoms with Crippen LogP contribution in [0.15, 0.2) is 54.7 Å². The number of aromatic nitrogens is 1. The lowest BCUT2D eigenvalue weighted by Crippen LogP contribution is -2.65. The van der Waals surface area contributed by atoms with Gasteiger partial charge in [0.25, 0.3) is 5.91 Å². The van der Waals surface area contributed by atoms with Crippen molar-refractivity contribution in [2.24, 2.45) is 0 Å². The van der Waals surface area contributed by atoms with Gasteiger partial charge >= 0.3 is 0 Å². The number of aliphatic hydroxyl groups is 1. The Morgan fingerprint density at radius 3 is 2.71 bits per heavy atom. The molecule has 1 saturated heterocycles. The minimum Gasteiger partial charge on any atom is -0.394 e. The third-order valence-electron chi connectivity index (χ3n) is 5.81. The van der Waals surface area contributed by atoms with Crippen molar-refractivity contribution in [3.63, 3.8) is 0 Å². The van der Waals surface area contributed by atoms with Gasteiger partial charge in [-0.15, -0.1) is 0 Å². The molecule has 1 aromatic carbocycles. The molecular weight excluding hydrogens is 350 g/mol. The minimum absolute atomic E-state index is 0.186. The molecule has 0 unspecified atom stereocenters. The summed E-state index contributed by atoms with van der Waals surface area (Å²) in [5.41, 5.74) is 3.80. The number of likely N-dealkylation sites (tertiary alicyclic amines) is 1. The molecule has 142 valence electrons. The first-order valence-electron chi connectivity index (χ1n) is 9.78. The van der Waals surface area contributed by atoms with Crippen molar-refractivity contribution in [1.82, 2.24) is 9.88 Å². The van der Waals surface area contributed by atoms with E-state index in [-0.39, 0.29) is 18.4 Å². The van der Waals surface area contributed by atoms with E-state index in [2.05, 4.69) is 23.2 Å². The van der Waals surface area contributed by atoms with Crippen molar-refractivity contribution in [3.05, 3.63) is 71.6 Å². The Kier molecular flexibility index (Phi) is 5.23. The first kappa shape index (κ1) is 18.4. The van der Waals surface area contributed by atoms with Gasteiger partial charge in [-0.2, -0.15) is 5.26 Å². The molecule has 0 bridgehead atoms. The molecule has 2 heterocycles. The Labute approximate surface area is 164 Å². The first-order chi connectivity index (χ1) is 13.8. The molecule has 0 radical (unpaired) electrons. The van der Waals surface area contributed by atoms with E-state index in [0.717, 1.165) is 24.0 Å². The van der Waals surface area contributed by atoms with Gasteiger partial charge in [0.1, 0.15) is 11.7 Å². The molecule has 5 heteroatoms. The number of rotatable bonds is 4. The second kappa shape index (κ2) is 7.95. The predicted octanol–water partition coefficient (Wildman–Crippen LogP) is 3.53. The summed E-state index contributed by atoms with van der Waals surface area (Å²) < 4.78 is 0. The van der Waals surface area contributed by atoms with Crippen LogP contribution in [0.25, 0.3) is 5.57 Å². The van der Waals surface area contributed by atoms with Gasteiger partial charge in [-0.1, -0.05) is 36.4 Å². The van der Waals surface area contributed by atoms with Crippen molar-refractivity contribution in [1.29, 1.82) is 5.26 Å². The molecule has 3 atom stereocenters.